The van der Waals surface area contributed by atoms with Gasteiger partial charge in [-0.1, -0.05) is 0 Å². The van der Waals surface area contributed by atoms with Crippen LogP contribution in [-0.2, 0) is 22.4 Å². The fourth-order valence-corrected chi connectivity index (χ4v) is 5.49. The van der Waals surface area contributed by atoms with Crippen molar-refractivity contribution in [1.82, 2.24) is 14.8 Å². The summed E-state index contributed by atoms with van der Waals surface area (Å²) in [4.78, 5) is 32.0. The van der Waals surface area contributed by atoms with E-state index >= 15 is 0 Å². The van der Waals surface area contributed by atoms with Gasteiger partial charge in [0.15, 0.2) is 11.5 Å². The van der Waals surface area contributed by atoms with Gasteiger partial charge in [0.2, 0.25) is 0 Å². The Balaban J connectivity index is 1.47. The van der Waals surface area contributed by atoms with Crippen molar-refractivity contribution in [2.24, 2.45) is 0 Å². The van der Waals surface area contributed by atoms with Crippen molar-refractivity contribution < 1.29 is 33.6 Å². The van der Waals surface area contributed by atoms with E-state index in [2.05, 4.69) is 4.98 Å². The van der Waals surface area contributed by atoms with E-state index in [-0.39, 0.29) is 25.1 Å². The van der Waals surface area contributed by atoms with Crippen LogP contribution in [0.15, 0.2) is 36.5 Å². The highest BCUT2D eigenvalue weighted by Gasteiger charge is 2.35. The quantitative estimate of drug-likeness (QED) is 0.424. The molecule has 2 aliphatic rings. The van der Waals surface area contributed by atoms with Crippen molar-refractivity contribution in [2.75, 3.05) is 53.7 Å². The SMILES string of the molecule is COc1ccc2[nH]cc(CCC3c4cc(OCCC(=O)O)c(OC)cc4CCN3C(=O)N3CCOCC3)c2c1. The Kier molecular flexibility index (Phi) is 8.11. The largest absolute Gasteiger partial charge is 0.497 e. The fraction of sp³-hybridized carbons (Fsp3) is 0.448. The number of carboxylic acids is 1. The molecule has 0 saturated carbocycles. The smallest absolute Gasteiger partial charge is 0.320 e. The molecule has 2 amide bonds. The number of ether oxygens (including phenoxy) is 4. The van der Waals surface area contributed by atoms with Gasteiger partial charge in [-0.2, -0.15) is 0 Å². The molecule has 208 valence electrons. The summed E-state index contributed by atoms with van der Waals surface area (Å²) >= 11 is 0. The molecule has 3 heterocycles. The van der Waals surface area contributed by atoms with Crippen molar-refractivity contribution in [3.63, 3.8) is 0 Å². The number of carbonyl (C=O) groups excluding carboxylic acids is 1. The number of aliphatic carboxylic acids is 1. The van der Waals surface area contributed by atoms with Crippen LogP contribution < -0.4 is 14.2 Å². The van der Waals surface area contributed by atoms with Crippen molar-refractivity contribution >= 4 is 22.9 Å². The Labute approximate surface area is 227 Å². The third kappa shape index (κ3) is 5.75. The molecule has 1 aromatic heterocycles. The van der Waals surface area contributed by atoms with E-state index in [1.54, 1.807) is 14.2 Å². The third-order valence-electron chi connectivity index (χ3n) is 7.55. The number of aromatic nitrogens is 1. The number of hydrogen-bond donors (Lipinski definition) is 2. The number of nitrogens with zero attached hydrogens (tertiary/aromatic N) is 2. The number of benzene rings is 2. The van der Waals surface area contributed by atoms with E-state index in [4.69, 9.17) is 24.1 Å². The number of amides is 2. The number of carboxylic acid groups (broad SMARTS) is 1. The lowest BCUT2D eigenvalue weighted by atomic mass is 9.88. The van der Waals surface area contributed by atoms with Gasteiger partial charge in [-0.25, -0.2) is 4.79 Å². The van der Waals surface area contributed by atoms with E-state index in [9.17, 15) is 9.59 Å². The number of carbonyl (C=O) groups is 2. The second-order valence-corrected chi connectivity index (χ2v) is 9.80. The summed E-state index contributed by atoms with van der Waals surface area (Å²) in [6.07, 6.45) is 4.04. The van der Waals surface area contributed by atoms with Crippen molar-refractivity contribution in [2.45, 2.75) is 31.7 Å². The molecule has 1 atom stereocenters. The molecular weight excluding hydrogens is 502 g/mol. The molecule has 2 aromatic carbocycles. The molecule has 3 aromatic rings. The third-order valence-corrected chi connectivity index (χ3v) is 7.55. The Hall–Kier alpha value is -3.92. The van der Waals surface area contributed by atoms with E-state index in [1.807, 2.05) is 46.3 Å². The molecule has 2 N–H and O–H groups in total. The van der Waals surface area contributed by atoms with Crippen LogP contribution in [0.5, 0.6) is 17.2 Å². The van der Waals surface area contributed by atoms with Gasteiger partial charge >= 0.3 is 12.0 Å². The number of urea groups is 1. The number of methoxy groups -OCH3 is 2. The maximum absolute atomic E-state index is 13.7. The molecule has 2 aliphatic heterocycles. The van der Waals surface area contributed by atoms with E-state index in [1.165, 1.54) is 0 Å². The number of fused-ring (bicyclic) bond motifs is 2. The Bertz CT molecular complexity index is 1330. The average molecular weight is 538 g/mol. The summed E-state index contributed by atoms with van der Waals surface area (Å²) in [6.45, 7) is 2.85. The first-order chi connectivity index (χ1) is 19.0. The molecule has 10 heteroatoms. The standard InChI is InChI=1S/C29H35N3O7/c1-36-21-4-5-24-22(16-21)20(18-30-24)3-6-25-23-17-27(39-12-8-28(33)34)26(37-2)15-19(23)7-9-32(25)29(35)31-10-13-38-14-11-31/h4-5,15-18,25,30H,3,6-14H2,1-2H3,(H,33,34). The highest BCUT2D eigenvalue weighted by molar-refractivity contribution is 5.84. The second kappa shape index (κ2) is 11.9. The maximum Gasteiger partial charge on any atom is 0.320 e. The number of hydrogen-bond acceptors (Lipinski definition) is 6. The predicted molar refractivity (Wildman–Crippen MR) is 145 cm³/mol. The lowest BCUT2D eigenvalue weighted by molar-refractivity contribution is -0.137. The van der Waals surface area contributed by atoms with Crippen LogP contribution in [0, 0.1) is 0 Å². The minimum atomic E-state index is -0.928. The molecular formula is C29H35N3O7. The topological polar surface area (TPSA) is 114 Å². The lowest BCUT2D eigenvalue weighted by Gasteiger charge is -2.41. The van der Waals surface area contributed by atoms with Gasteiger partial charge in [-0.3, -0.25) is 4.79 Å². The molecule has 10 nitrogen and oxygen atoms in total. The van der Waals surface area contributed by atoms with Crippen molar-refractivity contribution in [1.29, 1.82) is 0 Å². The molecule has 1 saturated heterocycles. The van der Waals surface area contributed by atoms with Crippen LogP contribution in [0.2, 0.25) is 0 Å². The van der Waals surface area contributed by atoms with Gasteiger partial charge in [-0.05, 0) is 66.3 Å². The zero-order chi connectivity index (χ0) is 27.4. The number of rotatable bonds is 9. The van der Waals surface area contributed by atoms with Crippen LogP contribution in [0.4, 0.5) is 4.79 Å². The Morgan fingerprint density at radius 2 is 1.90 bits per heavy atom. The summed E-state index contributed by atoms with van der Waals surface area (Å²) < 4.78 is 22.3. The molecule has 0 bridgehead atoms. The summed E-state index contributed by atoms with van der Waals surface area (Å²) in [6, 6.07) is 9.69. The number of morpholine rings is 1. The van der Waals surface area contributed by atoms with Gasteiger partial charge in [-0.15, -0.1) is 0 Å². The van der Waals surface area contributed by atoms with Gasteiger partial charge in [0.25, 0.3) is 0 Å². The van der Waals surface area contributed by atoms with Crippen LogP contribution in [0.25, 0.3) is 10.9 Å². The van der Waals surface area contributed by atoms with Gasteiger partial charge in [0.05, 0.1) is 46.5 Å². The number of aromatic amines is 1. The number of aryl methyl sites for hydroxylation is 1. The first kappa shape index (κ1) is 26.7. The first-order valence-corrected chi connectivity index (χ1v) is 13.3. The normalized spacial score (nSPS) is 17.1. The Morgan fingerprint density at radius 3 is 2.64 bits per heavy atom. The average Bonchev–Trinajstić information content (AvgIpc) is 3.37. The van der Waals surface area contributed by atoms with Crippen molar-refractivity contribution in [3.8, 4) is 17.2 Å². The first-order valence-electron chi connectivity index (χ1n) is 13.3. The second-order valence-electron chi connectivity index (χ2n) is 9.80. The highest BCUT2D eigenvalue weighted by atomic mass is 16.5. The summed E-state index contributed by atoms with van der Waals surface area (Å²) in [7, 11) is 3.23. The van der Waals surface area contributed by atoms with Crippen LogP contribution >= 0.6 is 0 Å². The van der Waals surface area contributed by atoms with Gasteiger partial charge in [0, 0.05) is 36.7 Å². The summed E-state index contributed by atoms with van der Waals surface area (Å²) in [5, 5.41) is 10.2. The molecule has 5 rings (SSSR count). The van der Waals surface area contributed by atoms with E-state index in [0.29, 0.717) is 57.2 Å². The predicted octanol–water partition coefficient (Wildman–Crippen LogP) is 4.02. The highest BCUT2D eigenvalue weighted by Crippen LogP contribution is 2.41. The Morgan fingerprint density at radius 1 is 1.08 bits per heavy atom. The number of nitrogens with one attached hydrogen (secondary N) is 1. The van der Waals surface area contributed by atoms with Gasteiger partial charge < -0.3 is 38.8 Å². The summed E-state index contributed by atoms with van der Waals surface area (Å²) in [5.41, 5.74) is 4.30. The van der Waals surface area contributed by atoms with E-state index in [0.717, 1.165) is 39.8 Å². The number of H-pyrrole nitrogens is 1. The van der Waals surface area contributed by atoms with E-state index < -0.39 is 5.97 Å². The van der Waals surface area contributed by atoms with Crippen LogP contribution in [-0.4, -0.2) is 85.6 Å². The molecule has 0 radical (unpaired) electrons. The monoisotopic (exact) mass is 537 g/mol. The van der Waals surface area contributed by atoms with Crippen LogP contribution in [0.3, 0.4) is 0 Å². The molecule has 39 heavy (non-hydrogen) atoms. The molecule has 1 unspecified atom stereocenters. The molecule has 1 fully saturated rings. The zero-order valence-electron chi connectivity index (χ0n) is 22.4. The minimum absolute atomic E-state index is 0.0127. The zero-order valence-corrected chi connectivity index (χ0v) is 22.4. The fourth-order valence-electron chi connectivity index (χ4n) is 5.49. The lowest BCUT2D eigenvalue weighted by Crippen LogP contribution is -2.51. The molecule has 0 aliphatic carbocycles. The summed E-state index contributed by atoms with van der Waals surface area (Å²) in [5.74, 6) is 0.919. The van der Waals surface area contributed by atoms with Crippen LogP contribution in [0.1, 0.15) is 35.6 Å². The maximum atomic E-state index is 13.7. The molecule has 0 spiro atoms. The minimum Gasteiger partial charge on any atom is -0.497 e. The van der Waals surface area contributed by atoms with Crippen molar-refractivity contribution in [3.05, 3.63) is 53.2 Å². The van der Waals surface area contributed by atoms with Gasteiger partial charge in [0.1, 0.15) is 5.75 Å².